The molecule has 1 aliphatic heterocycles. The summed E-state index contributed by atoms with van der Waals surface area (Å²) in [5.74, 6) is -1.99. The third kappa shape index (κ3) is 4.54. The summed E-state index contributed by atoms with van der Waals surface area (Å²) in [6.45, 7) is 1.91. The van der Waals surface area contributed by atoms with E-state index in [1.807, 2.05) is 0 Å². The Balaban J connectivity index is 2.12. The van der Waals surface area contributed by atoms with Gasteiger partial charge in [-0.1, -0.05) is 23.8 Å². The topological polar surface area (TPSA) is 95.9 Å². The van der Waals surface area contributed by atoms with E-state index >= 15 is 0 Å². The van der Waals surface area contributed by atoms with Crippen molar-refractivity contribution < 1.29 is 24.2 Å². The van der Waals surface area contributed by atoms with Crippen LogP contribution in [0.5, 0.6) is 5.75 Å². The predicted molar refractivity (Wildman–Crippen MR) is 97.5 cm³/mol. The first kappa shape index (κ1) is 19.8. The molecular weight excluding hydrogens is 360 g/mol. The Morgan fingerprint density at radius 1 is 1.50 bits per heavy atom. The standard InChI is InChI=1S/C18H21ClN2O5/c1-3-4-5-13(18(24)25)20-17(23)11-8-16(22)21(10-11)14-9-12(19)6-7-15(14)26-2/h3-4,6-7,9,11,13H,5,8,10H2,1-2H3,(H,20,23)(H,24,25)/b4-3+. The van der Waals surface area contributed by atoms with Crippen LogP contribution >= 0.6 is 11.6 Å². The number of aliphatic carboxylic acids is 1. The molecule has 26 heavy (non-hydrogen) atoms. The van der Waals surface area contributed by atoms with Crippen molar-refractivity contribution in [3.05, 3.63) is 35.4 Å². The summed E-state index contributed by atoms with van der Waals surface area (Å²) in [7, 11) is 1.48. The van der Waals surface area contributed by atoms with Crippen LogP contribution in [0, 0.1) is 5.92 Å². The van der Waals surface area contributed by atoms with E-state index in [0.29, 0.717) is 16.5 Å². The summed E-state index contributed by atoms with van der Waals surface area (Å²) in [6, 6.07) is 3.87. The number of allylic oxidation sites excluding steroid dienone is 1. The van der Waals surface area contributed by atoms with E-state index in [-0.39, 0.29) is 25.3 Å². The van der Waals surface area contributed by atoms with Crippen molar-refractivity contribution in [3.63, 3.8) is 0 Å². The Hall–Kier alpha value is -2.54. The molecule has 0 saturated carbocycles. The third-order valence-corrected chi connectivity index (χ3v) is 4.38. The number of amides is 2. The summed E-state index contributed by atoms with van der Waals surface area (Å²) in [5.41, 5.74) is 0.490. The average molecular weight is 381 g/mol. The number of benzene rings is 1. The van der Waals surface area contributed by atoms with Crippen molar-refractivity contribution in [2.75, 3.05) is 18.6 Å². The highest BCUT2D eigenvalue weighted by molar-refractivity contribution is 6.31. The fourth-order valence-electron chi connectivity index (χ4n) is 2.77. The van der Waals surface area contributed by atoms with Gasteiger partial charge in [0.05, 0.1) is 18.7 Å². The van der Waals surface area contributed by atoms with Crippen LogP contribution in [-0.2, 0) is 14.4 Å². The number of hydrogen-bond donors (Lipinski definition) is 2. The molecule has 1 aromatic carbocycles. The molecule has 2 amide bonds. The van der Waals surface area contributed by atoms with E-state index in [4.69, 9.17) is 16.3 Å². The van der Waals surface area contributed by atoms with Gasteiger partial charge in [-0.15, -0.1) is 0 Å². The van der Waals surface area contributed by atoms with Gasteiger partial charge >= 0.3 is 5.97 Å². The Bertz CT molecular complexity index is 734. The zero-order valence-electron chi connectivity index (χ0n) is 14.6. The van der Waals surface area contributed by atoms with Crippen LogP contribution < -0.4 is 15.0 Å². The van der Waals surface area contributed by atoms with Gasteiger partial charge < -0.3 is 20.1 Å². The molecule has 1 aliphatic rings. The van der Waals surface area contributed by atoms with Crippen LogP contribution in [0.1, 0.15) is 19.8 Å². The van der Waals surface area contributed by atoms with Crippen LogP contribution in [0.25, 0.3) is 0 Å². The largest absolute Gasteiger partial charge is 0.495 e. The second kappa shape index (κ2) is 8.71. The second-order valence-electron chi connectivity index (χ2n) is 5.93. The maximum atomic E-state index is 12.4. The number of carboxylic acid groups (broad SMARTS) is 1. The van der Waals surface area contributed by atoms with Gasteiger partial charge in [-0.2, -0.15) is 0 Å². The summed E-state index contributed by atoms with van der Waals surface area (Å²) < 4.78 is 5.26. The quantitative estimate of drug-likeness (QED) is 0.707. The number of carbonyl (C=O) groups is 3. The average Bonchev–Trinajstić information content (AvgIpc) is 2.99. The predicted octanol–water partition coefficient (Wildman–Crippen LogP) is 2.24. The molecular formula is C18H21ClN2O5. The number of hydrogen-bond acceptors (Lipinski definition) is 4. The fraction of sp³-hybridized carbons (Fsp3) is 0.389. The molecule has 1 aromatic rings. The van der Waals surface area contributed by atoms with E-state index in [0.717, 1.165) is 0 Å². The van der Waals surface area contributed by atoms with Crippen LogP contribution in [0.15, 0.2) is 30.4 Å². The van der Waals surface area contributed by atoms with E-state index in [2.05, 4.69) is 5.32 Å². The minimum Gasteiger partial charge on any atom is -0.495 e. The molecule has 1 saturated heterocycles. The van der Waals surface area contributed by atoms with Crippen LogP contribution in [-0.4, -0.2) is 42.6 Å². The first-order valence-electron chi connectivity index (χ1n) is 8.15. The molecule has 2 N–H and O–H groups in total. The van der Waals surface area contributed by atoms with Gasteiger partial charge in [0.25, 0.3) is 0 Å². The minimum atomic E-state index is -1.12. The molecule has 0 spiro atoms. The Morgan fingerprint density at radius 3 is 2.85 bits per heavy atom. The number of halogens is 1. The maximum Gasteiger partial charge on any atom is 0.326 e. The molecule has 2 unspecified atom stereocenters. The molecule has 0 radical (unpaired) electrons. The highest BCUT2D eigenvalue weighted by Gasteiger charge is 2.37. The van der Waals surface area contributed by atoms with Gasteiger partial charge in [-0.25, -0.2) is 4.79 Å². The van der Waals surface area contributed by atoms with Crippen molar-refractivity contribution in [3.8, 4) is 5.75 Å². The smallest absolute Gasteiger partial charge is 0.326 e. The number of anilines is 1. The highest BCUT2D eigenvalue weighted by atomic mass is 35.5. The number of nitrogens with one attached hydrogen (secondary N) is 1. The summed E-state index contributed by atoms with van der Waals surface area (Å²) in [6.07, 6.45) is 3.57. The lowest BCUT2D eigenvalue weighted by atomic mass is 10.1. The molecule has 140 valence electrons. The number of carboxylic acids is 1. The molecule has 1 heterocycles. The van der Waals surface area contributed by atoms with Gasteiger partial charge in [0, 0.05) is 18.0 Å². The van der Waals surface area contributed by atoms with Gasteiger partial charge in [-0.3, -0.25) is 9.59 Å². The SMILES string of the molecule is C/C=C/CC(NC(=O)C1CC(=O)N(c2cc(Cl)ccc2OC)C1)C(=O)O. The van der Waals surface area contributed by atoms with Crippen molar-refractivity contribution in [1.29, 1.82) is 0 Å². The lowest BCUT2D eigenvalue weighted by Gasteiger charge is -2.20. The zero-order chi connectivity index (χ0) is 19.3. The van der Waals surface area contributed by atoms with Crippen LogP contribution in [0.4, 0.5) is 5.69 Å². The molecule has 0 aromatic heterocycles. The summed E-state index contributed by atoms with van der Waals surface area (Å²) in [5, 5.41) is 12.2. The highest BCUT2D eigenvalue weighted by Crippen LogP contribution is 2.35. The molecule has 8 heteroatoms. The first-order valence-corrected chi connectivity index (χ1v) is 8.53. The van der Waals surface area contributed by atoms with Gasteiger partial charge in [0.15, 0.2) is 0 Å². The van der Waals surface area contributed by atoms with Gasteiger partial charge in [0.1, 0.15) is 11.8 Å². The normalized spacial score (nSPS) is 18.2. The lowest BCUT2D eigenvalue weighted by Crippen LogP contribution is -2.44. The molecule has 0 bridgehead atoms. The van der Waals surface area contributed by atoms with Crippen molar-refractivity contribution in [1.82, 2.24) is 5.32 Å². The second-order valence-corrected chi connectivity index (χ2v) is 6.36. The van der Waals surface area contributed by atoms with Crippen LogP contribution in [0.3, 0.4) is 0 Å². The van der Waals surface area contributed by atoms with E-state index in [1.54, 1.807) is 37.3 Å². The van der Waals surface area contributed by atoms with Crippen molar-refractivity contribution in [2.24, 2.45) is 5.92 Å². The zero-order valence-corrected chi connectivity index (χ0v) is 15.3. The summed E-state index contributed by atoms with van der Waals surface area (Å²) >= 11 is 6.01. The van der Waals surface area contributed by atoms with Crippen molar-refractivity contribution >= 4 is 35.1 Å². The molecule has 1 fully saturated rings. The van der Waals surface area contributed by atoms with Gasteiger partial charge in [0.2, 0.25) is 11.8 Å². The van der Waals surface area contributed by atoms with Crippen LogP contribution in [0.2, 0.25) is 5.02 Å². The Morgan fingerprint density at radius 2 is 2.23 bits per heavy atom. The lowest BCUT2D eigenvalue weighted by molar-refractivity contribution is -0.142. The first-order chi connectivity index (χ1) is 12.4. The Kier molecular flexibility index (Phi) is 6.63. The molecule has 0 aliphatic carbocycles. The van der Waals surface area contributed by atoms with E-state index < -0.39 is 23.8 Å². The van der Waals surface area contributed by atoms with Gasteiger partial charge in [-0.05, 0) is 31.5 Å². The number of carbonyl (C=O) groups excluding carboxylic acids is 2. The van der Waals surface area contributed by atoms with E-state index in [9.17, 15) is 19.5 Å². The van der Waals surface area contributed by atoms with E-state index in [1.165, 1.54) is 12.0 Å². The molecule has 2 rings (SSSR count). The maximum absolute atomic E-state index is 12.4. The monoisotopic (exact) mass is 380 g/mol. The fourth-order valence-corrected chi connectivity index (χ4v) is 2.94. The Labute approximate surface area is 156 Å². The molecule has 7 nitrogen and oxygen atoms in total. The number of ether oxygens (including phenoxy) is 1. The third-order valence-electron chi connectivity index (χ3n) is 4.15. The minimum absolute atomic E-state index is 0.00252. The summed E-state index contributed by atoms with van der Waals surface area (Å²) in [4.78, 5) is 37.5. The molecule has 2 atom stereocenters. The number of rotatable bonds is 7. The number of methoxy groups -OCH3 is 1. The number of nitrogens with zero attached hydrogens (tertiary/aromatic N) is 1. The van der Waals surface area contributed by atoms with Crippen molar-refractivity contribution in [2.45, 2.75) is 25.8 Å².